The number of anilines is 2. The molecule has 2 bridgehead atoms. The SMILES string of the molecule is O=C(NC12CC(C1)C2)O[C@@H]1CC[C@H](c2cc(Nc3nccc4nc(OCC(F)F)cn34)n[nH]2)[C@@H]1F. The molecule has 0 aromatic carbocycles. The van der Waals surface area contributed by atoms with E-state index < -0.39 is 37.3 Å². The molecule has 4 aliphatic rings. The normalized spacial score (nSPS) is 29.0. The summed E-state index contributed by atoms with van der Waals surface area (Å²) in [5, 5.41) is 13.0. The average molecular weight is 491 g/mol. The van der Waals surface area contributed by atoms with Gasteiger partial charge >= 0.3 is 6.09 Å². The first-order valence-electron chi connectivity index (χ1n) is 11.6. The first-order chi connectivity index (χ1) is 16.9. The number of aromatic amines is 1. The summed E-state index contributed by atoms with van der Waals surface area (Å²) in [6.45, 7) is -0.762. The highest BCUT2D eigenvalue weighted by atomic mass is 19.3. The first-order valence-corrected chi connectivity index (χ1v) is 11.6. The molecule has 4 fully saturated rings. The molecule has 186 valence electrons. The summed E-state index contributed by atoms with van der Waals surface area (Å²) >= 11 is 0. The topological polar surface area (TPSA) is 118 Å². The third-order valence-corrected chi connectivity index (χ3v) is 7.12. The number of hydrogen-bond acceptors (Lipinski definition) is 7. The summed E-state index contributed by atoms with van der Waals surface area (Å²) in [7, 11) is 0. The standard InChI is InChI=1S/C22H24F3N7O3/c23-15(24)10-34-18-9-32-17(28-18)3-4-26-20(32)27-16-5-13(30-31-16)12-1-2-14(19(12)25)35-21(33)29-22-6-11(7-22)8-22/h3-5,9,11-12,14-15,19H,1-2,6-8,10H2,(H,29,33)(H2,26,27,30,31)/t11?,12-,14-,19+,22?/m1/s1. The van der Waals surface area contributed by atoms with Crippen LogP contribution in [0.2, 0.25) is 0 Å². The quantitative estimate of drug-likeness (QED) is 0.440. The molecular weight excluding hydrogens is 467 g/mol. The molecule has 3 aromatic heterocycles. The second kappa shape index (κ2) is 8.31. The summed E-state index contributed by atoms with van der Waals surface area (Å²) in [6.07, 6.45) is 1.53. The zero-order valence-electron chi connectivity index (χ0n) is 18.6. The lowest BCUT2D eigenvalue weighted by molar-refractivity contribution is -0.0532. The van der Waals surface area contributed by atoms with Gasteiger partial charge in [-0.15, -0.1) is 0 Å². The number of imidazole rings is 1. The molecule has 4 aliphatic carbocycles. The zero-order chi connectivity index (χ0) is 24.2. The highest BCUT2D eigenvalue weighted by molar-refractivity contribution is 5.69. The van der Waals surface area contributed by atoms with Crippen molar-refractivity contribution < 1.29 is 27.4 Å². The lowest BCUT2D eigenvalue weighted by Gasteiger charge is -2.61. The minimum Gasteiger partial charge on any atom is -0.470 e. The summed E-state index contributed by atoms with van der Waals surface area (Å²) in [4.78, 5) is 20.6. The van der Waals surface area contributed by atoms with Crippen molar-refractivity contribution in [3.05, 3.63) is 30.2 Å². The lowest BCUT2D eigenvalue weighted by atomic mass is 9.50. The van der Waals surface area contributed by atoms with Crippen LogP contribution in [-0.2, 0) is 4.74 Å². The summed E-state index contributed by atoms with van der Waals surface area (Å²) < 4.78 is 51.9. The Morgan fingerprint density at radius 1 is 1.31 bits per heavy atom. The maximum absolute atomic E-state index is 15.1. The van der Waals surface area contributed by atoms with Crippen molar-refractivity contribution in [1.29, 1.82) is 0 Å². The van der Waals surface area contributed by atoms with Crippen molar-refractivity contribution in [2.24, 2.45) is 5.92 Å². The molecule has 0 saturated heterocycles. The molecule has 10 nitrogen and oxygen atoms in total. The van der Waals surface area contributed by atoms with Crippen LogP contribution in [0.25, 0.3) is 5.65 Å². The van der Waals surface area contributed by atoms with E-state index in [1.165, 1.54) is 16.8 Å². The van der Waals surface area contributed by atoms with Crippen LogP contribution in [0.5, 0.6) is 5.88 Å². The van der Waals surface area contributed by atoms with Crippen LogP contribution in [0.3, 0.4) is 0 Å². The third kappa shape index (κ3) is 4.12. The van der Waals surface area contributed by atoms with Gasteiger partial charge in [0.15, 0.2) is 12.4 Å². The van der Waals surface area contributed by atoms with E-state index in [0.29, 0.717) is 35.9 Å². The fraction of sp³-hybridized carbons (Fsp3) is 0.545. The second-order valence-electron chi connectivity index (χ2n) is 9.57. The molecule has 0 radical (unpaired) electrons. The van der Waals surface area contributed by atoms with E-state index in [1.807, 2.05) is 0 Å². The molecular formula is C22H24F3N7O3. The van der Waals surface area contributed by atoms with Crippen LogP contribution in [0, 0.1) is 5.92 Å². The number of fused-ring (bicyclic) bond motifs is 1. The number of amides is 1. The number of alkyl halides is 3. The number of halogens is 3. The van der Waals surface area contributed by atoms with E-state index in [0.717, 1.165) is 25.2 Å². The maximum Gasteiger partial charge on any atom is 0.407 e. The van der Waals surface area contributed by atoms with Gasteiger partial charge in [-0.1, -0.05) is 0 Å². The summed E-state index contributed by atoms with van der Waals surface area (Å²) in [6, 6.07) is 3.28. The third-order valence-electron chi connectivity index (χ3n) is 7.12. The molecule has 0 unspecified atom stereocenters. The van der Waals surface area contributed by atoms with E-state index in [1.54, 1.807) is 12.1 Å². The summed E-state index contributed by atoms with van der Waals surface area (Å²) in [5.41, 5.74) is 0.904. The molecule has 13 heteroatoms. The van der Waals surface area contributed by atoms with Crippen LogP contribution in [0.4, 0.5) is 29.7 Å². The van der Waals surface area contributed by atoms with Gasteiger partial charge in [0.25, 0.3) is 6.43 Å². The number of nitrogens with one attached hydrogen (secondary N) is 3. The van der Waals surface area contributed by atoms with E-state index in [-0.39, 0.29) is 11.4 Å². The number of ether oxygens (including phenoxy) is 2. The Balaban J connectivity index is 1.09. The van der Waals surface area contributed by atoms with Crippen LogP contribution >= 0.6 is 0 Å². The van der Waals surface area contributed by atoms with Crippen molar-refractivity contribution in [3.8, 4) is 5.88 Å². The Bertz CT molecular complexity index is 1230. The van der Waals surface area contributed by atoms with Gasteiger partial charge in [0.1, 0.15) is 17.9 Å². The molecule has 4 saturated carbocycles. The molecule has 3 heterocycles. The molecule has 0 spiro atoms. The van der Waals surface area contributed by atoms with Crippen LogP contribution < -0.4 is 15.4 Å². The molecule has 1 amide bonds. The minimum absolute atomic E-state index is 0.0411. The van der Waals surface area contributed by atoms with Crippen molar-refractivity contribution >= 4 is 23.5 Å². The van der Waals surface area contributed by atoms with Gasteiger partial charge in [-0.05, 0) is 44.1 Å². The monoisotopic (exact) mass is 491 g/mol. The van der Waals surface area contributed by atoms with Crippen molar-refractivity contribution in [3.63, 3.8) is 0 Å². The predicted molar refractivity (Wildman–Crippen MR) is 117 cm³/mol. The fourth-order valence-electron chi connectivity index (χ4n) is 5.30. The smallest absolute Gasteiger partial charge is 0.407 e. The van der Waals surface area contributed by atoms with E-state index >= 15 is 4.39 Å². The van der Waals surface area contributed by atoms with Crippen LogP contribution in [0.15, 0.2) is 24.5 Å². The maximum atomic E-state index is 15.1. The van der Waals surface area contributed by atoms with Gasteiger partial charge in [-0.25, -0.2) is 22.9 Å². The Morgan fingerprint density at radius 2 is 2.14 bits per heavy atom. The second-order valence-corrected chi connectivity index (χ2v) is 9.57. The lowest BCUT2D eigenvalue weighted by Crippen LogP contribution is -2.68. The van der Waals surface area contributed by atoms with E-state index in [9.17, 15) is 13.6 Å². The number of rotatable bonds is 8. The fourth-order valence-corrected chi connectivity index (χ4v) is 5.30. The highest BCUT2D eigenvalue weighted by Crippen LogP contribution is 2.57. The number of hydrogen-bond donors (Lipinski definition) is 3. The first kappa shape index (κ1) is 22.0. The number of H-pyrrole nitrogens is 1. The largest absolute Gasteiger partial charge is 0.470 e. The van der Waals surface area contributed by atoms with Crippen LogP contribution in [0.1, 0.15) is 43.7 Å². The van der Waals surface area contributed by atoms with Gasteiger partial charge in [0, 0.05) is 29.4 Å². The van der Waals surface area contributed by atoms with Crippen molar-refractivity contribution in [2.75, 3.05) is 11.9 Å². The molecule has 35 heavy (non-hydrogen) atoms. The van der Waals surface area contributed by atoms with Crippen LogP contribution in [-0.4, -0.2) is 61.5 Å². The molecule has 3 atom stereocenters. The summed E-state index contributed by atoms with van der Waals surface area (Å²) in [5.74, 6) is 0.994. The van der Waals surface area contributed by atoms with Gasteiger partial charge in [0.2, 0.25) is 11.8 Å². The number of nitrogens with zero attached hydrogens (tertiary/aromatic N) is 4. The molecule has 7 rings (SSSR count). The number of carbonyl (C=O) groups excluding carboxylic acids is 1. The van der Waals surface area contributed by atoms with Crippen molar-refractivity contribution in [2.45, 2.75) is 62.3 Å². The number of carbonyl (C=O) groups is 1. The molecule has 3 N–H and O–H groups in total. The van der Waals surface area contributed by atoms with Gasteiger partial charge in [-0.2, -0.15) is 10.1 Å². The zero-order valence-corrected chi connectivity index (χ0v) is 18.6. The van der Waals surface area contributed by atoms with Crippen molar-refractivity contribution in [1.82, 2.24) is 29.9 Å². The number of aromatic nitrogens is 5. The Hall–Kier alpha value is -3.51. The average Bonchev–Trinajstić information content (AvgIpc) is 3.48. The van der Waals surface area contributed by atoms with Gasteiger partial charge < -0.3 is 20.1 Å². The van der Waals surface area contributed by atoms with Gasteiger partial charge in [0.05, 0.1) is 6.20 Å². The van der Waals surface area contributed by atoms with Gasteiger partial charge in [-0.3, -0.25) is 9.50 Å². The van der Waals surface area contributed by atoms with E-state index in [2.05, 4.69) is 30.8 Å². The Labute approximate surface area is 197 Å². The minimum atomic E-state index is -2.61. The van der Waals surface area contributed by atoms with E-state index in [4.69, 9.17) is 9.47 Å². The predicted octanol–water partition coefficient (Wildman–Crippen LogP) is 3.70. The molecule has 3 aromatic rings. The molecule has 0 aliphatic heterocycles. The number of alkyl carbamates (subject to hydrolysis) is 1. The highest BCUT2D eigenvalue weighted by Gasteiger charge is 2.58. The Morgan fingerprint density at radius 3 is 2.89 bits per heavy atom. The Kier molecular flexibility index (Phi) is 5.22.